The SMILES string of the molecule is NC(N)(SC(N)(N)c1ccccc1)c1ccccc1. The van der Waals surface area contributed by atoms with E-state index in [1.165, 1.54) is 0 Å². The molecule has 0 aromatic heterocycles. The molecule has 0 unspecified atom stereocenters. The summed E-state index contributed by atoms with van der Waals surface area (Å²) >= 11 is 1.12. The van der Waals surface area contributed by atoms with Gasteiger partial charge in [0, 0.05) is 0 Å². The van der Waals surface area contributed by atoms with E-state index < -0.39 is 9.99 Å². The highest BCUT2D eigenvalue weighted by Gasteiger charge is 2.34. The molecule has 0 fully saturated rings. The molecule has 100 valence electrons. The van der Waals surface area contributed by atoms with Crippen LogP contribution in [0.1, 0.15) is 11.1 Å². The first-order valence-corrected chi connectivity index (χ1v) is 6.70. The Kier molecular flexibility index (Phi) is 3.93. The van der Waals surface area contributed by atoms with Crippen molar-refractivity contribution in [1.82, 2.24) is 0 Å². The van der Waals surface area contributed by atoms with Crippen LogP contribution < -0.4 is 22.9 Å². The largest absolute Gasteiger partial charge is 0.301 e. The van der Waals surface area contributed by atoms with Gasteiger partial charge in [-0.15, -0.1) is 0 Å². The highest BCUT2D eigenvalue weighted by atomic mass is 32.2. The Labute approximate surface area is 117 Å². The molecule has 0 aliphatic carbocycles. The van der Waals surface area contributed by atoms with Crippen LogP contribution in [-0.4, -0.2) is 0 Å². The predicted molar refractivity (Wildman–Crippen MR) is 80.6 cm³/mol. The van der Waals surface area contributed by atoms with Crippen molar-refractivity contribution in [1.29, 1.82) is 0 Å². The van der Waals surface area contributed by atoms with E-state index in [0.717, 1.165) is 22.9 Å². The van der Waals surface area contributed by atoms with E-state index in [4.69, 9.17) is 22.9 Å². The Hall–Kier alpha value is -1.37. The highest BCUT2D eigenvalue weighted by molar-refractivity contribution is 8.00. The number of hydrogen-bond acceptors (Lipinski definition) is 5. The normalized spacial score (nSPS) is 12.4. The molecule has 0 saturated carbocycles. The van der Waals surface area contributed by atoms with Crippen molar-refractivity contribution in [2.24, 2.45) is 22.9 Å². The van der Waals surface area contributed by atoms with Gasteiger partial charge in [-0.3, -0.25) is 0 Å². The maximum Gasteiger partial charge on any atom is 0.142 e. The van der Waals surface area contributed by atoms with Crippen LogP contribution in [0.25, 0.3) is 0 Å². The minimum Gasteiger partial charge on any atom is -0.301 e. The number of nitrogens with two attached hydrogens (primary N) is 4. The minimum atomic E-state index is -1.15. The third-order valence-electron chi connectivity index (χ3n) is 2.79. The molecule has 0 bridgehead atoms. The van der Waals surface area contributed by atoms with Gasteiger partial charge in [0.25, 0.3) is 0 Å². The van der Waals surface area contributed by atoms with Gasteiger partial charge in [0.15, 0.2) is 0 Å². The van der Waals surface area contributed by atoms with E-state index in [0.29, 0.717) is 0 Å². The lowest BCUT2D eigenvalue weighted by atomic mass is 10.2. The van der Waals surface area contributed by atoms with Crippen molar-refractivity contribution in [2.75, 3.05) is 0 Å². The lowest BCUT2D eigenvalue weighted by Gasteiger charge is -2.34. The fourth-order valence-corrected chi connectivity index (χ4v) is 2.86. The molecule has 19 heavy (non-hydrogen) atoms. The molecule has 0 aliphatic rings. The van der Waals surface area contributed by atoms with Crippen LogP contribution in [0.2, 0.25) is 0 Å². The first-order chi connectivity index (χ1) is 8.92. The first-order valence-electron chi connectivity index (χ1n) is 5.88. The van der Waals surface area contributed by atoms with Gasteiger partial charge in [-0.2, -0.15) is 0 Å². The fourth-order valence-electron chi connectivity index (χ4n) is 1.79. The Morgan fingerprint density at radius 3 is 1.21 bits per heavy atom. The average molecular weight is 274 g/mol. The summed E-state index contributed by atoms with van der Waals surface area (Å²) in [6.45, 7) is 0. The monoisotopic (exact) mass is 274 g/mol. The maximum absolute atomic E-state index is 6.14. The summed E-state index contributed by atoms with van der Waals surface area (Å²) in [5, 5.41) is 0. The molecule has 0 spiro atoms. The van der Waals surface area contributed by atoms with Gasteiger partial charge in [0.2, 0.25) is 0 Å². The summed E-state index contributed by atoms with van der Waals surface area (Å²) in [7, 11) is 0. The molecule has 0 aliphatic heterocycles. The molecule has 2 rings (SSSR count). The van der Waals surface area contributed by atoms with Gasteiger partial charge >= 0.3 is 0 Å². The highest BCUT2D eigenvalue weighted by Crippen LogP contribution is 2.36. The zero-order chi connectivity index (χ0) is 13.9. The number of benzene rings is 2. The summed E-state index contributed by atoms with van der Waals surface area (Å²) in [5.41, 5.74) is 26.1. The third kappa shape index (κ3) is 3.34. The summed E-state index contributed by atoms with van der Waals surface area (Å²) in [4.78, 5) is -2.30. The van der Waals surface area contributed by atoms with Gasteiger partial charge < -0.3 is 22.9 Å². The standard InChI is InChI=1S/C14H18N4S/c15-13(16,11-7-3-1-4-8-11)19-14(17,18)12-9-5-2-6-10-12/h1-10H,15-18H2. The Morgan fingerprint density at radius 1 is 0.579 bits per heavy atom. The van der Waals surface area contributed by atoms with E-state index in [9.17, 15) is 0 Å². The lowest BCUT2D eigenvalue weighted by Crippen LogP contribution is -2.53. The van der Waals surface area contributed by atoms with Crippen molar-refractivity contribution in [2.45, 2.75) is 9.99 Å². The average Bonchev–Trinajstić information content (AvgIpc) is 2.40. The summed E-state index contributed by atoms with van der Waals surface area (Å²) in [5.74, 6) is 0. The molecule has 0 saturated heterocycles. The van der Waals surface area contributed by atoms with Crippen molar-refractivity contribution in [3.05, 3.63) is 71.8 Å². The molecule has 0 radical (unpaired) electrons. The Balaban J connectivity index is 2.25. The smallest absolute Gasteiger partial charge is 0.142 e. The molecule has 2 aromatic carbocycles. The number of rotatable bonds is 4. The molecular formula is C14H18N4S. The fraction of sp³-hybridized carbons (Fsp3) is 0.143. The van der Waals surface area contributed by atoms with Crippen LogP contribution in [0.5, 0.6) is 0 Å². The van der Waals surface area contributed by atoms with E-state index >= 15 is 0 Å². The summed E-state index contributed by atoms with van der Waals surface area (Å²) < 4.78 is 0. The van der Waals surface area contributed by atoms with Gasteiger partial charge in [-0.1, -0.05) is 72.4 Å². The topological polar surface area (TPSA) is 104 Å². The zero-order valence-electron chi connectivity index (χ0n) is 10.5. The quantitative estimate of drug-likeness (QED) is 0.627. The van der Waals surface area contributed by atoms with Gasteiger partial charge in [-0.05, 0) is 11.1 Å². The van der Waals surface area contributed by atoms with Gasteiger partial charge in [-0.25, -0.2) is 0 Å². The van der Waals surface area contributed by atoms with Crippen LogP contribution in [0.4, 0.5) is 0 Å². The Morgan fingerprint density at radius 2 is 0.895 bits per heavy atom. The van der Waals surface area contributed by atoms with Crippen molar-refractivity contribution in [3.63, 3.8) is 0 Å². The number of hydrogen-bond donors (Lipinski definition) is 4. The zero-order valence-corrected chi connectivity index (χ0v) is 11.3. The molecule has 5 heteroatoms. The molecule has 8 N–H and O–H groups in total. The van der Waals surface area contributed by atoms with E-state index in [2.05, 4.69) is 0 Å². The van der Waals surface area contributed by atoms with Crippen molar-refractivity contribution >= 4 is 11.8 Å². The molecule has 0 amide bonds. The van der Waals surface area contributed by atoms with Gasteiger partial charge in [0.05, 0.1) is 0 Å². The van der Waals surface area contributed by atoms with Crippen LogP contribution >= 0.6 is 11.8 Å². The van der Waals surface area contributed by atoms with E-state index in [-0.39, 0.29) is 0 Å². The van der Waals surface area contributed by atoms with Crippen LogP contribution in [0.15, 0.2) is 60.7 Å². The van der Waals surface area contributed by atoms with Crippen molar-refractivity contribution in [3.8, 4) is 0 Å². The third-order valence-corrected chi connectivity index (χ3v) is 3.93. The van der Waals surface area contributed by atoms with Crippen LogP contribution in [-0.2, 0) is 9.99 Å². The van der Waals surface area contributed by atoms with Gasteiger partial charge in [0.1, 0.15) is 9.99 Å². The molecule has 2 aromatic rings. The predicted octanol–water partition coefficient (Wildman–Crippen LogP) is 1.18. The van der Waals surface area contributed by atoms with E-state index in [1.54, 1.807) is 0 Å². The summed E-state index contributed by atoms with van der Waals surface area (Å²) in [6.07, 6.45) is 0. The number of thioether (sulfide) groups is 1. The minimum absolute atomic E-state index is 0.774. The molecular weight excluding hydrogens is 256 g/mol. The summed E-state index contributed by atoms with van der Waals surface area (Å²) in [6, 6.07) is 18.7. The molecule has 0 atom stereocenters. The van der Waals surface area contributed by atoms with Crippen LogP contribution in [0, 0.1) is 0 Å². The lowest BCUT2D eigenvalue weighted by molar-refractivity contribution is 0.633. The second kappa shape index (κ2) is 5.32. The second-order valence-corrected chi connectivity index (χ2v) is 5.98. The van der Waals surface area contributed by atoms with Crippen molar-refractivity contribution < 1.29 is 0 Å². The molecule has 4 nitrogen and oxygen atoms in total. The van der Waals surface area contributed by atoms with E-state index in [1.807, 2.05) is 60.7 Å². The first kappa shape index (κ1) is 14.0. The van der Waals surface area contributed by atoms with Crippen LogP contribution in [0.3, 0.4) is 0 Å². The molecule has 0 heterocycles. The maximum atomic E-state index is 6.14. The Bertz CT molecular complexity index is 476. The second-order valence-electron chi connectivity index (χ2n) is 4.42.